The number of aryl methyl sites for hydroxylation is 1. The number of amides is 1. The van der Waals surface area contributed by atoms with Gasteiger partial charge in [-0.05, 0) is 49.8 Å². The van der Waals surface area contributed by atoms with Crippen molar-refractivity contribution >= 4 is 29.0 Å². The minimum absolute atomic E-state index is 0.207. The highest BCUT2D eigenvalue weighted by atomic mass is 32.1. The topological polar surface area (TPSA) is 90.5 Å². The molecule has 1 unspecified atom stereocenters. The summed E-state index contributed by atoms with van der Waals surface area (Å²) >= 11 is 1.30. The van der Waals surface area contributed by atoms with E-state index in [4.69, 9.17) is 4.74 Å². The van der Waals surface area contributed by atoms with Crippen LogP contribution in [0.25, 0.3) is 6.08 Å². The molecule has 4 aromatic rings. The van der Waals surface area contributed by atoms with Gasteiger partial charge in [0.25, 0.3) is 11.5 Å². The van der Waals surface area contributed by atoms with Crippen LogP contribution >= 0.6 is 11.3 Å². The summed E-state index contributed by atoms with van der Waals surface area (Å²) in [7, 11) is 1.60. The van der Waals surface area contributed by atoms with Crippen LogP contribution in [0.4, 0.5) is 5.69 Å². The molecule has 0 bridgehead atoms. The number of carbonyl (C=O) groups is 1. The van der Waals surface area contributed by atoms with Gasteiger partial charge in [-0.25, -0.2) is 4.99 Å². The SMILES string of the molecule is CCn1cc(/C=c2/sc3n(c2=O)C(c2ccc(OC)cc2)C(C(=O)Nc2ccccc2)=C(C)N=3)cn1. The molecule has 1 N–H and O–H groups in total. The first-order valence-electron chi connectivity index (χ1n) is 11.5. The van der Waals surface area contributed by atoms with E-state index in [0.29, 0.717) is 32.0 Å². The molecular weight excluding hydrogens is 474 g/mol. The molecule has 0 radical (unpaired) electrons. The monoisotopic (exact) mass is 499 g/mol. The number of nitrogens with one attached hydrogen (secondary N) is 1. The molecule has 0 spiro atoms. The summed E-state index contributed by atoms with van der Waals surface area (Å²) in [5, 5.41) is 7.25. The summed E-state index contributed by atoms with van der Waals surface area (Å²) in [4.78, 5) is 32.5. The van der Waals surface area contributed by atoms with Gasteiger partial charge in [0.1, 0.15) is 5.75 Å². The van der Waals surface area contributed by atoms with Crippen LogP contribution in [-0.4, -0.2) is 27.4 Å². The second kappa shape index (κ2) is 9.79. The fraction of sp³-hybridized carbons (Fsp3) is 0.185. The van der Waals surface area contributed by atoms with E-state index in [-0.39, 0.29) is 11.5 Å². The summed E-state index contributed by atoms with van der Waals surface area (Å²) in [5.74, 6) is 0.386. The van der Waals surface area contributed by atoms with Gasteiger partial charge in [-0.2, -0.15) is 5.10 Å². The first-order valence-corrected chi connectivity index (χ1v) is 12.4. The summed E-state index contributed by atoms with van der Waals surface area (Å²) < 4.78 is 9.26. The Morgan fingerprint density at radius 1 is 1.17 bits per heavy atom. The minimum atomic E-state index is -0.642. The molecule has 9 heteroatoms. The summed E-state index contributed by atoms with van der Waals surface area (Å²) in [6, 6.07) is 16.0. The van der Waals surface area contributed by atoms with Gasteiger partial charge in [0, 0.05) is 24.0 Å². The van der Waals surface area contributed by atoms with Crippen LogP contribution in [0.2, 0.25) is 0 Å². The molecule has 36 heavy (non-hydrogen) atoms. The lowest BCUT2D eigenvalue weighted by molar-refractivity contribution is -0.113. The fourth-order valence-electron chi connectivity index (χ4n) is 4.21. The van der Waals surface area contributed by atoms with E-state index >= 15 is 0 Å². The quantitative estimate of drug-likeness (QED) is 0.442. The number of nitrogens with zero attached hydrogens (tertiary/aromatic N) is 4. The smallest absolute Gasteiger partial charge is 0.271 e. The largest absolute Gasteiger partial charge is 0.497 e. The van der Waals surface area contributed by atoms with Crippen LogP contribution in [-0.2, 0) is 11.3 Å². The van der Waals surface area contributed by atoms with Crippen molar-refractivity contribution in [2.75, 3.05) is 12.4 Å². The Morgan fingerprint density at radius 3 is 2.58 bits per heavy atom. The van der Waals surface area contributed by atoms with E-state index < -0.39 is 6.04 Å². The number of methoxy groups -OCH3 is 1. The molecule has 8 nitrogen and oxygen atoms in total. The number of anilines is 1. The van der Waals surface area contributed by atoms with Crippen LogP contribution in [0.5, 0.6) is 5.75 Å². The van der Waals surface area contributed by atoms with Gasteiger partial charge in [-0.15, -0.1) is 0 Å². The highest BCUT2D eigenvalue weighted by molar-refractivity contribution is 7.07. The Kier molecular flexibility index (Phi) is 6.39. The number of para-hydroxylation sites is 1. The Bertz CT molecular complexity index is 1630. The number of benzene rings is 2. The molecule has 5 rings (SSSR count). The molecule has 0 saturated carbocycles. The van der Waals surface area contributed by atoms with Crippen molar-refractivity contribution in [3.05, 3.63) is 109 Å². The number of thiazole rings is 1. The average Bonchev–Trinajstić information content (AvgIpc) is 3.47. The molecule has 1 atom stereocenters. The number of ether oxygens (including phenoxy) is 1. The molecule has 1 aliphatic rings. The summed E-state index contributed by atoms with van der Waals surface area (Å²) in [5.41, 5.74) is 3.07. The summed E-state index contributed by atoms with van der Waals surface area (Å²) in [6.07, 6.45) is 5.44. The highest BCUT2D eigenvalue weighted by Gasteiger charge is 2.32. The predicted octanol–water partition coefficient (Wildman–Crippen LogP) is 3.10. The van der Waals surface area contributed by atoms with Gasteiger partial charge in [0.2, 0.25) is 0 Å². The number of hydrogen-bond donors (Lipinski definition) is 1. The molecule has 2 aromatic carbocycles. The maximum atomic E-state index is 13.7. The van der Waals surface area contributed by atoms with Crippen molar-refractivity contribution in [3.8, 4) is 5.75 Å². The molecule has 0 fully saturated rings. The molecular formula is C27H25N5O3S. The maximum absolute atomic E-state index is 13.7. The first kappa shape index (κ1) is 23.5. The lowest BCUT2D eigenvalue weighted by Crippen LogP contribution is -2.40. The van der Waals surface area contributed by atoms with E-state index in [1.54, 1.807) is 29.5 Å². The number of rotatable bonds is 6. The summed E-state index contributed by atoms with van der Waals surface area (Å²) in [6.45, 7) is 4.55. The second-order valence-electron chi connectivity index (χ2n) is 8.30. The molecule has 2 aromatic heterocycles. The second-order valence-corrected chi connectivity index (χ2v) is 9.31. The van der Waals surface area contributed by atoms with E-state index in [1.165, 1.54) is 11.3 Å². The van der Waals surface area contributed by atoms with Crippen molar-refractivity contribution in [1.29, 1.82) is 0 Å². The van der Waals surface area contributed by atoms with Crippen molar-refractivity contribution < 1.29 is 9.53 Å². The van der Waals surface area contributed by atoms with E-state index in [0.717, 1.165) is 17.7 Å². The third kappa shape index (κ3) is 4.40. The Morgan fingerprint density at radius 2 is 1.92 bits per heavy atom. The van der Waals surface area contributed by atoms with Crippen molar-refractivity contribution in [3.63, 3.8) is 0 Å². The normalized spacial score (nSPS) is 15.4. The fourth-order valence-corrected chi connectivity index (χ4v) is 5.26. The van der Waals surface area contributed by atoms with Crippen molar-refractivity contribution in [2.24, 2.45) is 4.99 Å². The van der Waals surface area contributed by atoms with Gasteiger partial charge < -0.3 is 10.1 Å². The maximum Gasteiger partial charge on any atom is 0.271 e. The van der Waals surface area contributed by atoms with Crippen LogP contribution in [0.15, 0.2) is 88.0 Å². The highest BCUT2D eigenvalue weighted by Crippen LogP contribution is 2.31. The zero-order chi connectivity index (χ0) is 25.2. The number of carbonyl (C=O) groups excluding carboxylic acids is 1. The Hall–Kier alpha value is -4.24. The molecule has 3 heterocycles. The minimum Gasteiger partial charge on any atom is -0.497 e. The van der Waals surface area contributed by atoms with E-state index in [1.807, 2.05) is 73.8 Å². The molecule has 1 aliphatic heterocycles. The van der Waals surface area contributed by atoms with Crippen LogP contribution in [0.3, 0.4) is 0 Å². The number of fused-ring (bicyclic) bond motifs is 1. The zero-order valence-corrected chi connectivity index (χ0v) is 21.0. The standard InChI is InChI=1S/C27H25N5O3S/c1-4-31-16-18(15-28-31)14-22-26(34)32-24(19-10-12-21(35-3)13-11-19)23(17(2)29-27(32)36-22)25(33)30-20-8-6-5-7-9-20/h5-16,24H,4H2,1-3H3,(H,30,33)/b22-14+. The lowest BCUT2D eigenvalue weighted by atomic mass is 9.95. The van der Waals surface area contributed by atoms with Gasteiger partial charge in [-0.1, -0.05) is 41.7 Å². The number of hydrogen-bond acceptors (Lipinski definition) is 6. The molecule has 0 aliphatic carbocycles. The van der Waals surface area contributed by atoms with Crippen molar-refractivity contribution in [2.45, 2.75) is 26.4 Å². The Labute approximate surface area is 211 Å². The average molecular weight is 500 g/mol. The van der Waals surface area contributed by atoms with Crippen LogP contribution in [0, 0.1) is 0 Å². The third-order valence-corrected chi connectivity index (χ3v) is 6.99. The van der Waals surface area contributed by atoms with E-state index in [2.05, 4.69) is 15.4 Å². The van der Waals surface area contributed by atoms with Gasteiger partial charge in [-0.3, -0.25) is 18.8 Å². The van der Waals surface area contributed by atoms with E-state index in [9.17, 15) is 9.59 Å². The molecule has 182 valence electrons. The van der Waals surface area contributed by atoms with Gasteiger partial charge in [0.15, 0.2) is 4.80 Å². The Balaban J connectivity index is 1.66. The zero-order valence-electron chi connectivity index (χ0n) is 20.1. The lowest BCUT2D eigenvalue weighted by Gasteiger charge is -2.25. The first-order chi connectivity index (χ1) is 17.5. The van der Waals surface area contributed by atoms with Crippen LogP contribution in [0.1, 0.15) is 31.0 Å². The van der Waals surface area contributed by atoms with Gasteiger partial charge in [0.05, 0.1) is 35.2 Å². The molecule has 1 amide bonds. The predicted molar refractivity (Wildman–Crippen MR) is 140 cm³/mol. The van der Waals surface area contributed by atoms with Gasteiger partial charge >= 0.3 is 0 Å². The van der Waals surface area contributed by atoms with Crippen LogP contribution < -0.4 is 24.9 Å². The molecule has 0 saturated heterocycles. The third-order valence-electron chi connectivity index (χ3n) is 6.00. The number of allylic oxidation sites excluding steroid dienone is 1. The number of aromatic nitrogens is 3. The van der Waals surface area contributed by atoms with Crippen molar-refractivity contribution in [1.82, 2.24) is 14.3 Å².